The van der Waals surface area contributed by atoms with Gasteiger partial charge in [-0.3, -0.25) is 9.69 Å². The number of nitrogens with zero attached hydrogens (tertiary/aromatic N) is 3. The van der Waals surface area contributed by atoms with E-state index in [2.05, 4.69) is 20.6 Å². The molecule has 29 heavy (non-hydrogen) atoms. The Kier molecular flexibility index (Phi) is 7.16. The van der Waals surface area contributed by atoms with E-state index >= 15 is 0 Å². The van der Waals surface area contributed by atoms with Crippen LogP contribution in [-0.4, -0.2) is 58.0 Å². The summed E-state index contributed by atoms with van der Waals surface area (Å²) in [5, 5.41) is 10.3. The zero-order valence-corrected chi connectivity index (χ0v) is 17.9. The Labute approximate surface area is 173 Å². The number of anilines is 1. The number of alkyl carbamates (subject to hydrolysis) is 1. The molecule has 0 aromatic carbocycles. The molecule has 1 aliphatic carbocycles. The molecule has 1 aromatic rings. The molecule has 0 spiro atoms. The maximum absolute atomic E-state index is 12.7. The third-order valence-electron chi connectivity index (χ3n) is 5.59. The molecule has 162 valence electrons. The van der Waals surface area contributed by atoms with Gasteiger partial charge in [-0.15, -0.1) is 0 Å². The molecule has 2 fully saturated rings. The molecule has 2 aliphatic rings. The number of ether oxygens (including phenoxy) is 1. The number of carbonyl (C=O) groups excluding carboxylic acids is 2. The van der Waals surface area contributed by atoms with E-state index in [1.165, 1.54) is 12.8 Å². The van der Waals surface area contributed by atoms with Crippen molar-refractivity contribution in [3.05, 3.63) is 12.3 Å². The summed E-state index contributed by atoms with van der Waals surface area (Å²) in [6, 6.07) is 2.40. The van der Waals surface area contributed by atoms with Crippen LogP contribution in [-0.2, 0) is 9.53 Å². The van der Waals surface area contributed by atoms with Crippen LogP contribution in [0.2, 0.25) is 0 Å². The number of hydrogen-bond acceptors (Lipinski definition) is 5. The quantitative estimate of drug-likeness (QED) is 0.758. The lowest BCUT2D eigenvalue weighted by Gasteiger charge is -2.35. The zero-order chi connectivity index (χ0) is 20.9. The zero-order valence-electron chi connectivity index (χ0n) is 17.9. The third-order valence-corrected chi connectivity index (χ3v) is 5.59. The van der Waals surface area contributed by atoms with Gasteiger partial charge in [-0.25, -0.2) is 9.48 Å². The van der Waals surface area contributed by atoms with Gasteiger partial charge in [0.05, 0.1) is 18.8 Å². The highest BCUT2D eigenvalue weighted by Gasteiger charge is 2.26. The highest BCUT2D eigenvalue weighted by Crippen LogP contribution is 2.31. The molecule has 2 heterocycles. The molecule has 8 heteroatoms. The Morgan fingerprint density at radius 1 is 1.17 bits per heavy atom. The Balaban J connectivity index is 1.51. The number of amides is 2. The minimum atomic E-state index is -0.515. The number of rotatable bonds is 6. The topological polar surface area (TPSA) is 88.5 Å². The van der Waals surface area contributed by atoms with Crippen molar-refractivity contribution in [2.24, 2.45) is 0 Å². The van der Waals surface area contributed by atoms with E-state index in [1.54, 1.807) is 6.20 Å². The van der Waals surface area contributed by atoms with Gasteiger partial charge in [-0.2, -0.15) is 5.10 Å². The van der Waals surface area contributed by atoms with E-state index in [9.17, 15) is 9.59 Å². The van der Waals surface area contributed by atoms with Crippen LogP contribution in [0.4, 0.5) is 10.6 Å². The molecule has 1 saturated carbocycles. The Hall–Kier alpha value is -2.09. The Morgan fingerprint density at radius 3 is 2.62 bits per heavy atom. The van der Waals surface area contributed by atoms with Gasteiger partial charge in [0.1, 0.15) is 11.4 Å². The van der Waals surface area contributed by atoms with E-state index < -0.39 is 11.7 Å². The van der Waals surface area contributed by atoms with Gasteiger partial charge in [-0.05, 0) is 53.0 Å². The summed E-state index contributed by atoms with van der Waals surface area (Å²) in [7, 11) is 0. The number of hydrogen-bond donors (Lipinski definition) is 2. The average molecular weight is 406 g/mol. The predicted octanol–water partition coefficient (Wildman–Crippen LogP) is 3.32. The molecule has 2 N–H and O–H groups in total. The van der Waals surface area contributed by atoms with Gasteiger partial charge >= 0.3 is 6.09 Å². The lowest BCUT2D eigenvalue weighted by atomic mass is 10.0. The summed E-state index contributed by atoms with van der Waals surface area (Å²) >= 11 is 0. The minimum Gasteiger partial charge on any atom is -0.444 e. The fourth-order valence-electron chi connectivity index (χ4n) is 4.23. The molecule has 8 nitrogen and oxygen atoms in total. The molecule has 3 rings (SSSR count). The first-order chi connectivity index (χ1) is 13.8. The molecular weight excluding hydrogens is 370 g/mol. The highest BCUT2D eigenvalue weighted by molar-refractivity contribution is 5.91. The molecule has 1 atom stereocenters. The van der Waals surface area contributed by atoms with Gasteiger partial charge in [0.15, 0.2) is 0 Å². The second-order valence-corrected chi connectivity index (χ2v) is 9.15. The summed E-state index contributed by atoms with van der Waals surface area (Å²) in [5.41, 5.74) is -0.515. The highest BCUT2D eigenvalue weighted by atomic mass is 16.6. The van der Waals surface area contributed by atoms with E-state index in [4.69, 9.17) is 4.74 Å². The summed E-state index contributed by atoms with van der Waals surface area (Å²) < 4.78 is 7.28. The second kappa shape index (κ2) is 9.61. The second-order valence-electron chi connectivity index (χ2n) is 9.15. The van der Waals surface area contributed by atoms with Crippen molar-refractivity contribution in [1.82, 2.24) is 20.0 Å². The van der Waals surface area contributed by atoms with Gasteiger partial charge in [0, 0.05) is 18.7 Å². The van der Waals surface area contributed by atoms with Gasteiger partial charge in [0.25, 0.3) is 0 Å². The van der Waals surface area contributed by atoms with Crippen molar-refractivity contribution in [3.8, 4) is 0 Å². The summed E-state index contributed by atoms with van der Waals surface area (Å²) in [5.74, 6) is 0.747. The molecule has 0 bridgehead atoms. The lowest BCUT2D eigenvalue weighted by Crippen LogP contribution is -2.49. The van der Waals surface area contributed by atoms with Crippen LogP contribution in [0.1, 0.15) is 71.8 Å². The molecule has 0 radical (unpaired) electrons. The van der Waals surface area contributed by atoms with Crippen LogP contribution in [0.15, 0.2) is 12.3 Å². The number of piperidine rings is 1. The molecular formula is C21H35N5O3. The van der Waals surface area contributed by atoms with Crippen LogP contribution in [0, 0.1) is 0 Å². The van der Waals surface area contributed by atoms with Crippen LogP contribution in [0.3, 0.4) is 0 Å². The summed E-state index contributed by atoms with van der Waals surface area (Å²) in [6.45, 7) is 7.20. The van der Waals surface area contributed by atoms with Gasteiger partial charge in [0.2, 0.25) is 5.91 Å². The number of nitrogens with one attached hydrogen (secondary N) is 2. The van der Waals surface area contributed by atoms with E-state index in [-0.39, 0.29) is 11.9 Å². The fourth-order valence-corrected chi connectivity index (χ4v) is 4.23. The average Bonchev–Trinajstić information content (AvgIpc) is 3.30. The standard InChI is InChI=1S/C21H35N5O3/c1-21(2,3)29-20(28)22-14-17-10-6-7-13-25(17)15-19(27)24-18-11-12-23-26(18)16-8-4-5-9-16/h11-12,16-17H,4-10,13-15H2,1-3H3,(H,22,28)(H,24,27). The molecule has 1 unspecified atom stereocenters. The fraction of sp³-hybridized carbons (Fsp3) is 0.762. The third kappa shape index (κ3) is 6.45. The molecule has 1 aliphatic heterocycles. The first-order valence-corrected chi connectivity index (χ1v) is 10.9. The normalized spacial score (nSPS) is 21.1. The largest absolute Gasteiger partial charge is 0.444 e. The first kappa shape index (κ1) is 21.6. The Morgan fingerprint density at radius 2 is 1.90 bits per heavy atom. The number of aromatic nitrogens is 2. The van der Waals surface area contributed by atoms with Crippen molar-refractivity contribution in [2.75, 3.05) is 25.0 Å². The van der Waals surface area contributed by atoms with Crippen molar-refractivity contribution in [1.29, 1.82) is 0 Å². The molecule has 2 amide bonds. The van der Waals surface area contributed by atoms with Crippen molar-refractivity contribution in [2.45, 2.75) is 83.4 Å². The van der Waals surface area contributed by atoms with E-state index in [0.717, 1.165) is 44.5 Å². The first-order valence-electron chi connectivity index (χ1n) is 10.9. The van der Waals surface area contributed by atoms with Crippen molar-refractivity contribution >= 4 is 17.8 Å². The van der Waals surface area contributed by atoms with Gasteiger partial charge in [-0.1, -0.05) is 19.3 Å². The maximum atomic E-state index is 12.7. The van der Waals surface area contributed by atoms with Gasteiger partial charge < -0.3 is 15.4 Å². The monoisotopic (exact) mass is 405 g/mol. The SMILES string of the molecule is CC(C)(C)OC(=O)NCC1CCCCN1CC(=O)Nc1ccnn1C1CCCC1. The van der Waals surface area contributed by atoms with Crippen molar-refractivity contribution < 1.29 is 14.3 Å². The molecule has 1 saturated heterocycles. The summed E-state index contributed by atoms with van der Waals surface area (Å²) in [6.07, 6.45) is 9.16. The van der Waals surface area contributed by atoms with Crippen LogP contribution >= 0.6 is 0 Å². The van der Waals surface area contributed by atoms with Crippen LogP contribution in [0.25, 0.3) is 0 Å². The van der Waals surface area contributed by atoms with Crippen LogP contribution in [0.5, 0.6) is 0 Å². The van der Waals surface area contributed by atoms with E-state index in [1.807, 2.05) is 31.5 Å². The minimum absolute atomic E-state index is 0.0334. The Bertz CT molecular complexity index is 691. The number of likely N-dealkylation sites (tertiary alicyclic amines) is 1. The smallest absolute Gasteiger partial charge is 0.407 e. The van der Waals surface area contributed by atoms with E-state index in [0.29, 0.717) is 19.1 Å². The summed E-state index contributed by atoms with van der Waals surface area (Å²) in [4.78, 5) is 26.8. The van der Waals surface area contributed by atoms with Crippen molar-refractivity contribution in [3.63, 3.8) is 0 Å². The number of carbonyl (C=O) groups is 2. The van der Waals surface area contributed by atoms with Crippen LogP contribution < -0.4 is 10.6 Å². The molecule has 1 aromatic heterocycles. The maximum Gasteiger partial charge on any atom is 0.407 e. The predicted molar refractivity (Wildman–Crippen MR) is 112 cm³/mol. The lowest BCUT2D eigenvalue weighted by molar-refractivity contribution is -0.118.